The van der Waals surface area contributed by atoms with Crippen LogP contribution >= 0.6 is 23.6 Å². The maximum Gasteiger partial charge on any atom is 0.341 e. The average Bonchev–Trinajstić information content (AvgIpc) is 3.27. The highest BCUT2D eigenvalue weighted by Gasteiger charge is 2.23. The predicted molar refractivity (Wildman–Crippen MR) is 146 cm³/mol. The van der Waals surface area contributed by atoms with E-state index in [1.54, 1.807) is 18.4 Å². The van der Waals surface area contributed by atoms with E-state index in [0.29, 0.717) is 17.3 Å². The Bertz CT molecular complexity index is 1140. The summed E-state index contributed by atoms with van der Waals surface area (Å²) < 4.78 is 10.6. The second-order valence-corrected chi connectivity index (χ2v) is 9.91. The van der Waals surface area contributed by atoms with Crippen molar-refractivity contribution in [2.45, 2.75) is 19.9 Å². The summed E-state index contributed by atoms with van der Waals surface area (Å²) in [5, 5.41) is 4.74. The number of hydrogen-bond acceptors (Lipinski definition) is 6. The highest BCUT2D eigenvalue weighted by molar-refractivity contribution is 7.80. The van der Waals surface area contributed by atoms with Gasteiger partial charge in [-0.3, -0.25) is 4.90 Å². The first-order chi connectivity index (χ1) is 17.1. The zero-order chi connectivity index (χ0) is 24.6. The Hall–Kier alpha value is -2.94. The van der Waals surface area contributed by atoms with Gasteiger partial charge < -0.3 is 19.7 Å². The van der Waals surface area contributed by atoms with Gasteiger partial charge in [0.05, 0.1) is 19.3 Å². The number of thiophene rings is 1. The van der Waals surface area contributed by atoms with E-state index in [4.69, 9.17) is 21.7 Å². The molecule has 0 radical (unpaired) electrons. The van der Waals surface area contributed by atoms with Gasteiger partial charge in [-0.2, -0.15) is 0 Å². The Morgan fingerprint density at radius 3 is 2.49 bits per heavy atom. The molecule has 1 N–H and O–H groups in total. The molecule has 4 rings (SSSR count). The number of rotatable bonds is 8. The van der Waals surface area contributed by atoms with Crippen LogP contribution in [-0.2, 0) is 17.7 Å². The number of piperazine rings is 1. The fraction of sp³-hybridized carbons (Fsp3) is 0.333. The average molecular weight is 510 g/mol. The SMILES string of the molecule is CCOC(=O)c1cc(Cc2ccccc2)sc1NC(=S)N1CCN(Cc2cccc(OC)c2)CC1. The van der Waals surface area contributed by atoms with Crippen LogP contribution in [0.1, 0.15) is 33.3 Å². The van der Waals surface area contributed by atoms with Gasteiger partial charge in [-0.25, -0.2) is 4.79 Å². The lowest BCUT2D eigenvalue weighted by atomic mass is 10.1. The highest BCUT2D eigenvalue weighted by atomic mass is 32.1. The van der Waals surface area contributed by atoms with E-state index in [9.17, 15) is 4.79 Å². The maximum atomic E-state index is 12.6. The third-order valence-electron chi connectivity index (χ3n) is 5.92. The van der Waals surface area contributed by atoms with Gasteiger partial charge in [-0.15, -0.1) is 11.3 Å². The van der Waals surface area contributed by atoms with Crippen molar-refractivity contribution < 1.29 is 14.3 Å². The van der Waals surface area contributed by atoms with Crippen LogP contribution in [0.2, 0.25) is 0 Å². The number of carbonyl (C=O) groups is 1. The molecule has 0 saturated carbocycles. The monoisotopic (exact) mass is 509 g/mol. The molecule has 1 aromatic heterocycles. The molecule has 1 saturated heterocycles. The summed E-state index contributed by atoms with van der Waals surface area (Å²) in [5.41, 5.74) is 2.98. The van der Waals surface area contributed by atoms with Crippen molar-refractivity contribution >= 4 is 39.6 Å². The summed E-state index contributed by atoms with van der Waals surface area (Å²) in [6, 6.07) is 20.4. The number of nitrogens with one attached hydrogen (secondary N) is 1. The maximum absolute atomic E-state index is 12.6. The molecular weight excluding hydrogens is 478 g/mol. The van der Waals surface area contributed by atoms with Gasteiger partial charge in [-0.05, 0) is 48.5 Å². The Balaban J connectivity index is 1.38. The number of hydrogen-bond donors (Lipinski definition) is 1. The van der Waals surface area contributed by atoms with Gasteiger partial charge >= 0.3 is 5.97 Å². The number of ether oxygens (including phenoxy) is 2. The van der Waals surface area contributed by atoms with Crippen LogP contribution in [0.25, 0.3) is 0 Å². The number of carbonyl (C=O) groups excluding carboxylic acids is 1. The lowest BCUT2D eigenvalue weighted by Gasteiger charge is -2.36. The normalized spacial score (nSPS) is 13.9. The first kappa shape index (κ1) is 25.2. The molecule has 0 unspecified atom stereocenters. The zero-order valence-electron chi connectivity index (χ0n) is 20.2. The summed E-state index contributed by atoms with van der Waals surface area (Å²) in [4.78, 5) is 18.3. The minimum Gasteiger partial charge on any atom is -0.497 e. The summed E-state index contributed by atoms with van der Waals surface area (Å²) >= 11 is 7.30. The van der Waals surface area contributed by atoms with Crippen LogP contribution in [0.4, 0.5) is 5.00 Å². The van der Waals surface area contributed by atoms with E-state index >= 15 is 0 Å². The molecule has 0 aliphatic carbocycles. The standard InChI is InChI=1S/C27H31N3O3S2/c1-3-33-26(31)24-18-23(17-20-8-5-4-6-9-20)35-25(24)28-27(34)30-14-12-29(13-15-30)19-21-10-7-11-22(16-21)32-2/h4-11,16,18H,3,12-15,17,19H2,1-2H3,(H,28,34). The van der Waals surface area contributed by atoms with Gasteiger partial charge in [0.15, 0.2) is 5.11 Å². The van der Waals surface area contributed by atoms with E-state index in [2.05, 4.69) is 39.4 Å². The highest BCUT2D eigenvalue weighted by Crippen LogP contribution is 2.31. The summed E-state index contributed by atoms with van der Waals surface area (Å²) in [6.07, 6.45) is 0.759. The third kappa shape index (κ3) is 6.81. The van der Waals surface area contributed by atoms with Crippen molar-refractivity contribution in [1.82, 2.24) is 9.80 Å². The number of nitrogens with zero attached hydrogens (tertiary/aromatic N) is 2. The van der Waals surface area contributed by atoms with E-state index in [1.807, 2.05) is 43.3 Å². The van der Waals surface area contributed by atoms with E-state index in [1.165, 1.54) is 11.1 Å². The molecule has 3 aromatic rings. The Labute approximate surface area is 216 Å². The van der Waals surface area contributed by atoms with Gasteiger partial charge in [0, 0.05) is 44.0 Å². The van der Waals surface area contributed by atoms with Crippen LogP contribution < -0.4 is 10.1 Å². The van der Waals surface area contributed by atoms with E-state index in [-0.39, 0.29) is 5.97 Å². The minimum absolute atomic E-state index is 0.323. The van der Waals surface area contributed by atoms with E-state index < -0.39 is 0 Å². The molecule has 1 aliphatic heterocycles. The molecule has 0 atom stereocenters. The first-order valence-corrected chi connectivity index (χ1v) is 13.0. The molecule has 0 spiro atoms. The lowest BCUT2D eigenvalue weighted by Crippen LogP contribution is -2.49. The number of methoxy groups -OCH3 is 1. The molecule has 2 heterocycles. The van der Waals surface area contributed by atoms with Crippen LogP contribution in [0.3, 0.4) is 0 Å². The van der Waals surface area contributed by atoms with Crippen molar-refractivity contribution in [2.75, 3.05) is 45.2 Å². The predicted octanol–water partition coefficient (Wildman–Crippen LogP) is 5.04. The number of anilines is 1. The number of thiocarbonyl (C=S) groups is 1. The van der Waals surface area contributed by atoms with Gasteiger partial charge in [0.1, 0.15) is 10.8 Å². The minimum atomic E-state index is -0.323. The molecule has 35 heavy (non-hydrogen) atoms. The van der Waals surface area contributed by atoms with Crippen molar-refractivity contribution in [3.8, 4) is 5.75 Å². The van der Waals surface area contributed by atoms with Crippen LogP contribution in [0, 0.1) is 0 Å². The summed E-state index contributed by atoms with van der Waals surface area (Å²) in [5.74, 6) is 0.558. The Morgan fingerprint density at radius 1 is 1.03 bits per heavy atom. The quantitative estimate of drug-likeness (QED) is 0.337. The first-order valence-electron chi connectivity index (χ1n) is 11.8. The Kier molecular flexibility index (Phi) is 8.74. The Morgan fingerprint density at radius 2 is 1.77 bits per heavy atom. The van der Waals surface area contributed by atoms with Gasteiger partial charge in [-0.1, -0.05) is 42.5 Å². The number of esters is 1. The third-order valence-corrected chi connectivity index (χ3v) is 7.33. The smallest absolute Gasteiger partial charge is 0.341 e. The molecular formula is C27H31N3O3S2. The van der Waals surface area contributed by atoms with Gasteiger partial charge in [0.25, 0.3) is 0 Å². The van der Waals surface area contributed by atoms with Crippen LogP contribution in [0.5, 0.6) is 5.75 Å². The number of benzene rings is 2. The fourth-order valence-corrected chi connectivity index (χ4v) is 5.52. The van der Waals surface area contributed by atoms with Crippen molar-refractivity contribution in [2.24, 2.45) is 0 Å². The van der Waals surface area contributed by atoms with Crippen LogP contribution in [-0.4, -0.2) is 60.8 Å². The molecule has 0 amide bonds. The van der Waals surface area contributed by atoms with E-state index in [0.717, 1.165) is 54.8 Å². The van der Waals surface area contributed by atoms with Crippen molar-refractivity contribution in [3.63, 3.8) is 0 Å². The molecule has 8 heteroatoms. The van der Waals surface area contributed by atoms with Crippen LogP contribution in [0.15, 0.2) is 60.7 Å². The largest absolute Gasteiger partial charge is 0.497 e. The lowest BCUT2D eigenvalue weighted by molar-refractivity contribution is 0.0528. The van der Waals surface area contributed by atoms with Gasteiger partial charge in [0.2, 0.25) is 0 Å². The second-order valence-electron chi connectivity index (χ2n) is 8.38. The zero-order valence-corrected chi connectivity index (χ0v) is 21.8. The van der Waals surface area contributed by atoms with Crippen molar-refractivity contribution in [3.05, 3.63) is 82.2 Å². The molecule has 1 fully saturated rings. The molecule has 2 aromatic carbocycles. The molecule has 6 nitrogen and oxygen atoms in total. The molecule has 1 aliphatic rings. The van der Waals surface area contributed by atoms with Crippen molar-refractivity contribution in [1.29, 1.82) is 0 Å². The summed E-state index contributed by atoms with van der Waals surface area (Å²) in [7, 11) is 1.69. The second kappa shape index (κ2) is 12.2. The summed E-state index contributed by atoms with van der Waals surface area (Å²) in [6.45, 7) is 6.51. The topological polar surface area (TPSA) is 54.0 Å². The molecule has 184 valence electrons. The fourth-order valence-electron chi connectivity index (χ4n) is 4.09. The molecule has 0 bridgehead atoms.